The van der Waals surface area contributed by atoms with E-state index in [1.165, 1.54) is 29.4 Å². The maximum Gasteiger partial charge on any atom is 0.339 e. The van der Waals surface area contributed by atoms with E-state index in [4.69, 9.17) is 21.6 Å². The molecule has 0 aliphatic carbocycles. The first-order valence-corrected chi connectivity index (χ1v) is 9.47. The molecule has 24 heavy (non-hydrogen) atoms. The second-order valence-electron chi connectivity index (χ2n) is 5.93. The van der Waals surface area contributed by atoms with Gasteiger partial charge in [-0.05, 0) is 43.9 Å². The summed E-state index contributed by atoms with van der Waals surface area (Å²) in [4.78, 5) is 11.9. The number of carbonyl (C=O) groups excluding carboxylic acids is 1. The first kappa shape index (κ1) is 18.7. The minimum Gasteiger partial charge on any atom is -0.444 e. The summed E-state index contributed by atoms with van der Waals surface area (Å²) >= 11 is 6.06. The molecule has 1 heterocycles. The van der Waals surface area contributed by atoms with Crippen molar-refractivity contribution in [3.8, 4) is 6.07 Å². The van der Waals surface area contributed by atoms with E-state index < -0.39 is 22.1 Å². The number of nitrogens with zero attached hydrogens (tertiary/aromatic N) is 2. The number of sulfonamides is 1. The summed E-state index contributed by atoms with van der Waals surface area (Å²) in [6, 6.07) is 5.73. The summed E-state index contributed by atoms with van der Waals surface area (Å²) in [6.45, 7) is 4.29. The Bertz CT molecular complexity index is 773. The summed E-state index contributed by atoms with van der Waals surface area (Å²) in [6.07, 6.45) is 0.855. The second kappa shape index (κ2) is 7.51. The fourth-order valence-corrected chi connectivity index (χ4v) is 4.69. The van der Waals surface area contributed by atoms with Crippen molar-refractivity contribution in [2.75, 3.05) is 13.1 Å². The summed E-state index contributed by atoms with van der Waals surface area (Å²) < 4.78 is 32.0. The Morgan fingerprint density at radius 3 is 2.83 bits per heavy atom. The highest BCUT2D eigenvalue weighted by molar-refractivity contribution is 7.89. The molecule has 1 aliphatic rings. The molecule has 0 spiro atoms. The van der Waals surface area contributed by atoms with Crippen LogP contribution < -0.4 is 0 Å². The minimum atomic E-state index is -3.79. The van der Waals surface area contributed by atoms with E-state index in [1.54, 1.807) is 6.07 Å². The van der Waals surface area contributed by atoms with Crippen LogP contribution in [0.3, 0.4) is 0 Å². The number of halogens is 1. The molecule has 6 nitrogen and oxygen atoms in total. The molecule has 0 amide bonds. The number of ether oxygens (including phenoxy) is 1. The quantitative estimate of drug-likeness (QED) is 0.760. The Kier molecular flexibility index (Phi) is 5.86. The van der Waals surface area contributed by atoms with Crippen molar-refractivity contribution in [1.29, 1.82) is 5.26 Å². The van der Waals surface area contributed by atoms with E-state index in [2.05, 4.69) is 0 Å². The number of nitriles is 1. The highest BCUT2D eigenvalue weighted by Gasteiger charge is 2.31. The molecule has 130 valence electrons. The number of piperidine rings is 1. The molecule has 8 heteroatoms. The van der Waals surface area contributed by atoms with E-state index in [1.807, 2.05) is 6.92 Å². The lowest BCUT2D eigenvalue weighted by Gasteiger charge is -2.30. The molecule has 1 fully saturated rings. The maximum atomic E-state index is 12.8. The molecule has 1 aromatic carbocycles. The van der Waals surface area contributed by atoms with E-state index in [0.29, 0.717) is 13.1 Å². The maximum absolute atomic E-state index is 12.8. The van der Waals surface area contributed by atoms with Crippen LogP contribution in [0.5, 0.6) is 0 Å². The molecule has 2 atom stereocenters. The number of benzene rings is 1. The number of hydrogen-bond donors (Lipinski definition) is 0. The van der Waals surface area contributed by atoms with Crippen molar-refractivity contribution in [2.24, 2.45) is 5.92 Å². The SMILES string of the molecule is C[C@@H]1CCCN(S(=O)(=O)c2cc(C(=O)O[C@@H](C)C#N)ccc2Cl)C1. The third-order valence-corrected chi connectivity index (χ3v) is 6.22. The van der Waals surface area contributed by atoms with Crippen molar-refractivity contribution in [1.82, 2.24) is 4.31 Å². The number of hydrogen-bond acceptors (Lipinski definition) is 5. The van der Waals surface area contributed by atoms with Crippen LogP contribution in [0.25, 0.3) is 0 Å². The van der Waals surface area contributed by atoms with Crippen LogP contribution in [0.15, 0.2) is 23.1 Å². The standard InChI is InChI=1S/C16H19ClN2O4S/c1-11-4-3-7-19(10-11)24(21,22)15-8-13(5-6-14(15)17)16(20)23-12(2)9-18/h5-6,8,11-12H,3-4,7,10H2,1-2H3/t11-,12+/m1/s1. The summed E-state index contributed by atoms with van der Waals surface area (Å²) in [7, 11) is -3.79. The van der Waals surface area contributed by atoms with Gasteiger partial charge in [-0.15, -0.1) is 0 Å². The van der Waals surface area contributed by atoms with E-state index in [0.717, 1.165) is 12.8 Å². The van der Waals surface area contributed by atoms with Crippen molar-refractivity contribution < 1.29 is 17.9 Å². The first-order chi connectivity index (χ1) is 11.3. The topological polar surface area (TPSA) is 87.5 Å². The third kappa shape index (κ3) is 4.07. The molecule has 0 saturated carbocycles. The van der Waals surface area contributed by atoms with Gasteiger partial charge in [0, 0.05) is 13.1 Å². The van der Waals surface area contributed by atoms with Crippen molar-refractivity contribution in [2.45, 2.75) is 37.7 Å². The van der Waals surface area contributed by atoms with Gasteiger partial charge in [0.1, 0.15) is 11.0 Å². The van der Waals surface area contributed by atoms with Crippen molar-refractivity contribution >= 4 is 27.6 Å². The van der Waals surface area contributed by atoms with Crippen LogP contribution in [-0.2, 0) is 14.8 Å². The van der Waals surface area contributed by atoms with Crippen LogP contribution in [0.4, 0.5) is 0 Å². The van der Waals surface area contributed by atoms with Crippen LogP contribution in [-0.4, -0.2) is 37.9 Å². The lowest BCUT2D eigenvalue weighted by atomic mass is 10.0. The minimum absolute atomic E-state index is 0.0464. The highest BCUT2D eigenvalue weighted by atomic mass is 35.5. The zero-order chi connectivity index (χ0) is 17.9. The smallest absolute Gasteiger partial charge is 0.339 e. The Balaban J connectivity index is 2.34. The van der Waals surface area contributed by atoms with Crippen molar-refractivity contribution in [3.63, 3.8) is 0 Å². The molecule has 0 unspecified atom stereocenters. The molecule has 1 aliphatic heterocycles. The molecular weight excluding hydrogens is 352 g/mol. The monoisotopic (exact) mass is 370 g/mol. The first-order valence-electron chi connectivity index (χ1n) is 7.66. The summed E-state index contributed by atoms with van der Waals surface area (Å²) in [5.41, 5.74) is 0.0464. The predicted octanol–water partition coefficient (Wildman–Crippen LogP) is 2.83. The van der Waals surface area contributed by atoms with Gasteiger partial charge in [-0.25, -0.2) is 13.2 Å². The van der Waals surface area contributed by atoms with E-state index >= 15 is 0 Å². The Hall–Kier alpha value is -1.62. The average Bonchev–Trinajstić information content (AvgIpc) is 2.54. The van der Waals surface area contributed by atoms with Gasteiger partial charge in [0.15, 0.2) is 6.10 Å². The second-order valence-corrected chi connectivity index (χ2v) is 8.25. The van der Waals surface area contributed by atoms with Gasteiger partial charge in [0.2, 0.25) is 10.0 Å². The summed E-state index contributed by atoms with van der Waals surface area (Å²) in [5.74, 6) is -0.485. The van der Waals surface area contributed by atoms with Crippen LogP contribution in [0.1, 0.15) is 37.0 Å². The van der Waals surface area contributed by atoms with Gasteiger partial charge in [0.05, 0.1) is 10.6 Å². The third-order valence-electron chi connectivity index (χ3n) is 3.87. The Morgan fingerprint density at radius 1 is 1.50 bits per heavy atom. The van der Waals surface area contributed by atoms with Gasteiger partial charge in [-0.1, -0.05) is 18.5 Å². The zero-order valence-electron chi connectivity index (χ0n) is 13.5. The van der Waals surface area contributed by atoms with Gasteiger partial charge < -0.3 is 4.74 Å². The fourth-order valence-electron chi connectivity index (χ4n) is 2.59. The van der Waals surface area contributed by atoms with Crippen molar-refractivity contribution in [3.05, 3.63) is 28.8 Å². The lowest BCUT2D eigenvalue weighted by Crippen LogP contribution is -2.39. The van der Waals surface area contributed by atoms with Gasteiger partial charge in [-0.2, -0.15) is 9.57 Å². The van der Waals surface area contributed by atoms with E-state index in [-0.39, 0.29) is 21.4 Å². The molecule has 0 radical (unpaired) electrons. The lowest BCUT2D eigenvalue weighted by molar-refractivity contribution is 0.0435. The largest absolute Gasteiger partial charge is 0.444 e. The number of carbonyl (C=O) groups is 1. The summed E-state index contributed by atoms with van der Waals surface area (Å²) in [5, 5.41) is 8.76. The molecule has 1 aromatic rings. The van der Waals surface area contributed by atoms with Gasteiger partial charge in [-0.3, -0.25) is 0 Å². The van der Waals surface area contributed by atoms with Crippen LogP contribution in [0.2, 0.25) is 5.02 Å². The molecule has 0 aromatic heterocycles. The molecule has 1 saturated heterocycles. The molecule has 0 N–H and O–H groups in total. The zero-order valence-corrected chi connectivity index (χ0v) is 15.1. The van der Waals surface area contributed by atoms with Gasteiger partial charge >= 0.3 is 5.97 Å². The normalized spacial score (nSPS) is 20.2. The average molecular weight is 371 g/mol. The molecular formula is C16H19ClN2O4S. The Morgan fingerprint density at radius 2 is 2.21 bits per heavy atom. The highest BCUT2D eigenvalue weighted by Crippen LogP contribution is 2.29. The van der Waals surface area contributed by atoms with Gasteiger partial charge in [0.25, 0.3) is 0 Å². The Labute approximate surface area is 147 Å². The van der Waals surface area contributed by atoms with Crippen LogP contribution >= 0.6 is 11.6 Å². The molecule has 2 rings (SSSR count). The predicted molar refractivity (Wildman–Crippen MR) is 89.1 cm³/mol. The number of esters is 1. The van der Waals surface area contributed by atoms with Crippen LogP contribution in [0, 0.1) is 17.2 Å². The van der Waals surface area contributed by atoms with E-state index in [9.17, 15) is 13.2 Å². The fraction of sp³-hybridized carbons (Fsp3) is 0.500. The number of rotatable bonds is 4. The molecule has 0 bridgehead atoms.